The van der Waals surface area contributed by atoms with Crippen molar-refractivity contribution in [3.05, 3.63) is 11.2 Å². The first-order valence-electron chi connectivity index (χ1n) is 3.77. The van der Waals surface area contributed by atoms with Gasteiger partial charge in [0.15, 0.2) is 5.82 Å². The van der Waals surface area contributed by atoms with Crippen LogP contribution < -0.4 is 5.73 Å². The smallest absolute Gasteiger partial charge is 0.327 e. The van der Waals surface area contributed by atoms with Crippen molar-refractivity contribution in [3.63, 3.8) is 0 Å². The van der Waals surface area contributed by atoms with Gasteiger partial charge in [-0.05, 0) is 6.92 Å². The summed E-state index contributed by atoms with van der Waals surface area (Å²) >= 11 is 5.63. The molecule has 0 aliphatic heterocycles. The number of hydrogen-bond donors (Lipinski definition) is 1. The number of anilines is 1. The summed E-state index contributed by atoms with van der Waals surface area (Å²) in [6, 6.07) is 0. The summed E-state index contributed by atoms with van der Waals surface area (Å²) in [5, 5.41) is 4.13. The lowest BCUT2D eigenvalue weighted by Gasteiger charge is -2.00. The van der Waals surface area contributed by atoms with Crippen molar-refractivity contribution in [2.45, 2.75) is 13.5 Å². The minimum atomic E-state index is -0.360. The highest BCUT2D eigenvalue weighted by molar-refractivity contribution is 6.32. The lowest BCUT2D eigenvalue weighted by atomic mass is 10.6. The van der Waals surface area contributed by atoms with Crippen LogP contribution >= 0.6 is 11.6 Å². The molecule has 13 heavy (non-hydrogen) atoms. The standard InChI is InChI=1S/C7H10ClN3O2/c1-2-13-6(12)4-11-3-5(8)7(9)10-11/h3H,2,4H2,1H3,(H2,9,10). The number of aromatic nitrogens is 2. The lowest BCUT2D eigenvalue weighted by molar-refractivity contribution is -0.144. The second-order valence-corrected chi connectivity index (χ2v) is 2.77. The topological polar surface area (TPSA) is 70.1 Å². The molecule has 0 spiro atoms. The highest BCUT2D eigenvalue weighted by Crippen LogP contribution is 2.14. The largest absolute Gasteiger partial charge is 0.465 e. The second-order valence-electron chi connectivity index (χ2n) is 2.36. The van der Waals surface area contributed by atoms with Crippen molar-refractivity contribution in [2.75, 3.05) is 12.3 Å². The van der Waals surface area contributed by atoms with E-state index in [4.69, 9.17) is 22.1 Å². The zero-order valence-electron chi connectivity index (χ0n) is 7.16. The molecule has 5 nitrogen and oxygen atoms in total. The Labute approximate surface area is 80.4 Å². The molecule has 2 N–H and O–H groups in total. The first kappa shape index (κ1) is 9.85. The van der Waals surface area contributed by atoms with Crippen LogP contribution in [0.5, 0.6) is 0 Å². The van der Waals surface area contributed by atoms with Gasteiger partial charge in [-0.15, -0.1) is 0 Å². The molecule has 0 bridgehead atoms. The molecule has 0 radical (unpaired) electrons. The number of carbonyl (C=O) groups excluding carboxylic acids is 1. The first-order chi connectivity index (χ1) is 6.13. The number of carbonyl (C=O) groups is 1. The van der Waals surface area contributed by atoms with E-state index in [0.717, 1.165) is 0 Å². The van der Waals surface area contributed by atoms with Crippen molar-refractivity contribution < 1.29 is 9.53 Å². The van der Waals surface area contributed by atoms with Gasteiger partial charge in [-0.25, -0.2) is 0 Å². The molecule has 1 rings (SSSR count). The molecular weight excluding hydrogens is 194 g/mol. The maximum absolute atomic E-state index is 11.0. The van der Waals surface area contributed by atoms with Crippen LogP contribution in [0.1, 0.15) is 6.92 Å². The van der Waals surface area contributed by atoms with Crippen LogP contribution in [0.2, 0.25) is 5.02 Å². The van der Waals surface area contributed by atoms with Crippen molar-refractivity contribution in [3.8, 4) is 0 Å². The van der Waals surface area contributed by atoms with Gasteiger partial charge in [-0.2, -0.15) is 5.10 Å². The third kappa shape index (κ3) is 2.62. The SMILES string of the molecule is CCOC(=O)Cn1cc(Cl)c(N)n1. The number of ether oxygens (including phenoxy) is 1. The van der Waals surface area contributed by atoms with E-state index in [-0.39, 0.29) is 18.3 Å². The normalized spacial score (nSPS) is 10.0. The van der Waals surface area contributed by atoms with Crippen molar-refractivity contribution in [1.82, 2.24) is 9.78 Å². The number of nitrogens with two attached hydrogens (primary N) is 1. The molecule has 0 amide bonds. The van der Waals surface area contributed by atoms with Gasteiger partial charge in [0, 0.05) is 6.20 Å². The Balaban J connectivity index is 2.59. The average molecular weight is 204 g/mol. The van der Waals surface area contributed by atoms with Gasteiger partial charge in [0.25, 0.3) is 0 Å². The number of nitrogen functional groups attached to an aromatic ring is 1. The van der Waals surface area contributed by atoms with Gasteiger partial charge in [0.05, 0.1) is 6.61 Å². The number of esters is 1. The van der Waals surface area contributed by atoms with Gasteiger partial charge in [0.2, 0.25) is 0 Å². The lowest BCUT2D eigenvalue weighted by Crippen LogP contribution is -2.13. The van der Waals surface area contributed by atoms with E-state index in [1.54, 1.807) is 6.92 Å². The van der Waals surface area contributed by atoms with E-state index in [1.807, 2.05) is 0 Å². The number of halogens is 1. The molecule has 1 aromatic heterocycles. The molecule has 1 aromatic rings. The predicted octanol–water partition coefficient (Wildman–Crippen LogP) is 0.682. The van der Waals surface area contributed by atoms with Gasteiger partial charge in [0.1, 0.15) is 11.6 Å². The Hall–Kier alpha value is -1.23. The van der Waals surface area contributed by atoms with E-state index in [2.05, 4.69) is 5.10 Å². The molecule has 72 valence electrons. The van der Waals surface area contributed by atoms with Crippen LogP contribution in [0, 0.1) is 0 Å². The van der Waals surface area contributed by atoms with E-state index in [0.29, 0.717) is 11.6 Å². The molecule has 0 aromatic carbocycles. The number of rotatable bonds is 3. The third-order valence-electron chi connectivity index (χ3n) is 1.34. The quantitative estimate of drug-likeness (QED) is 0.734. The Morgan fingerprint density at radius 3 is 3.00 bits per heavy atom. The fourth-order valence-corrected chi connectivity index (χ4v) is 0.982. The predicted molar refractivity (Wildman–Crippen MR) is 48.3 cm³/mol. The van der Waals surface area contributed by atoms with Gasteiger partial charge >= 0.3 is 5.97 Å². The highest BCUT2D eigenvalue weighted by Gasteiger charge is 2.07. The molecule has 6 heteroatoms. The van der Waals surface area contributed by atoms with Crippen LogP contribution in [0.25, 0.3) is 0 Å². The molecule has 0 fully saturated rings. The van der Waals surface area contributed by atoms with Gasteiger partial charge in [-0.3, -0.25) is 9.48 Å². The van der Waals surface area contributed by atoms with Crippen LogP contribution in [0.3, 0.4) is 0 Å². The average Bonchev–Trinajstić information content (AvgIpc) is 2.31. The van der Waals surface area contributed by atoms with Gasteiger partial charge in [-0.1, -0.05) is 11.6 Å². The molecule has 0 aliphatic carbocycles. The van der Waals surface area contributed by atoms with Gasteiger partial charge < -0.3 is 10.5 Å². The summed E-state index contributed by atoms with van der Waals surface area (Å²) in [5.41, 5.74) is 5.37. The minimum Gasteiger partial charge on any atom is -0.465 e. The summed E-state index contributed by atoms with van der Waals surface area (Å²) in [7, 11) is 0. The molecule has 0 saturated heterocycles. The van der Waals surface area contributed by atoms with Crippen molar-refractivity contribution in [1.29, 1.82) is 0 Å². The zero-order valence-corrected chi connectivity index (χ0v) is 7.91. The van der Waals surface area contributed by atoms with E-state index in [1.165, 1.54) is 10.9 Å². The molecule has 0 saturated carbocycles. The van der Waals surface area contributed by atoms with Crippen LogP contribution in [-0.4, -0.2) is 22.4 Å². The number of hydrogen-bond acceptors (Lipinski definition) is 4. The zero-order chi connectivity index (χ0) is 9.84. The summed E-state index contributed by atoms with van der Waals surface area (Å²) in [6.07, 6.45) is 1.48. The van der Waals surface area contributed by atoms with Crippen molar-refractivity contribution >= 4 is 23.4 Å². The molecular formula is C7H10ClN3O2. The Bertz CT molecular complexity index is 291. The summed E-state index contributed by atoms with van der Waals surface area (Å²) in [6.45, 7) is 2.12. The van der Waals surface area contributed by atoms with Crippen molar-refractivity contribution in [2.24, 2.45) is 0 Å². The maximum Gasteiger partial charge on any atom is 0.327 e. The number of nitrogens with zero attached hydrogens (tertiary/aromatic N) is 2. The third-order valence-corrected chi connectivity index (χ3v) is 1.63. The summed E-state index contributed by atoms with van der Waals surface area (Å²) in [4.78, 5) is 11.0. The summed E-state index contributed by atoms with van der Waals surface area (Å²) in [5.74, 6) is -0.146. The molecule has 1 heterocycles. The van der Waals surface area contributed by atoms with E-state index < -0.39 is 0 Å². The summed E-state index contributed by atoms with van der Waals surface area (Å²) < 4.78 is 6.05. The fourth-order valence-electron chi connectivity index (χ4n) is 0.832. The molecule has 0 aliphatic rings. The fraction of sp³-hybridized carbons (Fsp3) is 0.429. The van der Waals surface area contributed by atoms with E-state index >= 15 is 0 Å². The molecule has 0 atom stereocenters. The van der Waals surface area contributed by atoms with Crippen LogP contribution in [0.4, 0.5) is 5.82 Å². The molecule has 0 unspecified atom stereocenters. The van der Waals surface area contributed by atoms with Crippen LogP contribution in [0.15, 0.2) is 6.20 Å². The Morgan fingerprint density at radius 2 is 2.54 bits per heavy atom. The van der Waals surface area contributed by atoms with E-state index in [9.17, 15) is 4.79 Å². The maximum atomic E-state index is 11.0. The second kappa shape index (κ2) is 4.13. The van der Waals surface area contributed by atoms with Crippen LogP contribution in [-0.2, 0) is 16.1 Å². The Morgan fingerprint density at radius 1 is 1.85 bits per heavy atom. The first-order valence-corrected chi connectivity index (χ1v) is 4.15. The monoisotopic (exact) mass is 203 g/mol. The Kier molecular flexibility index (Phi) is 3.13. The highest BCUT2D eigenvalue weighted by atomic mass is 35.5. The minimum absolute atomic E-state index is 0.0325.